The summed E-state index contributed by atoms with van der Waals surface area (Å²) < 4.78 is 11.1. The normalized spacial score (nSPS) is 21.3. The topological polar surface area (TPSA) is 18.5 Å². The Balaban J connectivity index is 2.03. The van der Waals surface area contributed by atoms with Gasteiger partial charge in [0.1, 0.15) is 5.75 Å². The first-order chi connectivity index (χ1) is 7.25. The third-order valence-corrected chi connectivity index (χ3v) is 2.82. The van der Waals surface area contributed by atoms with Crippen LogP contribution < -0.4 is 4.74 Å². The molecule has 0 aromatic heterocycles. The van der Waals surface area contributed by atoms with E-state index in [4.69, 9.17) is 32.7 Å². The summed E-state index contributed by atoms with van der Waals surface area (Å²) in [5, 5.41) is 1.13. The molecule has 82 valence electrons. The van der Waals surface area contributed by atoms with Crippen molar-refractivity contribution >= 4 is 23.2 Å². The van der Waals surface area contributed by atoms with Gasteiger partial charge in [0, 0.05) is 11.4 Å². The lowest BCUT2D eigenvalue weighted by atomic mass is 10.2. The summed E-state index contributed by atoms with van der Waals surface area (Å²) in [4.78, 5) is 0. The van der Waals surface area contributed by atoms with Gasteiger partial charge in [0.15, 0.2) is 6.29 Å². The fourth-order valence-electron chi connectivity index (χ4n) is 1.52. The quantitative estimate of drug-likeness (QED) is 0.789. The van der Waals surface area contributed by atoms with Gasteiger partial charge in [0.2, 0.25) is 0 Å². The fraction of sp³-hybridized carbons (Fsp3) is 0.455. The minimum absolute atomic E-state index is 0.169. The summed E-state index contributed by atoms with van der Waals surface area (Å²) in [6.45, 7) is 0.760. The third kappa shape index (κ3) is 3.00. The second-order valence-corrected chi connectivity index (χ2v) is 4.33. The second kappa shape index (κ2) is 5.06. The second-order valence-electron chi connectivity index (χ2n) is 3.49. The van der Waals surface area contributed by atoms with Gasteiger partial charge in [0.25, 0.3) is 0 Å². The molecule has 4 heteroatoms. The lowest BCUT2D eigenvalue weighted by Crippen LogP contribution is -2.25. The van der Waals surface area contributed by atoms with E-state index in [1.807, 2.05) is 0 Å². The van der Waals surface area contributed by atoms with Gasteiger partial charge in [-0.25, -0.2) is 0 Å². The minimum atomic E-state index is -0.169. The molecule has 1 aromatic carbocycles. The Morgan fingerprint density at radius 2 is 2.13 bits per heavy atom. The Labute approximate surface area is 99.1 Å². The van der Waals surface area contributed by atoms with Gasteiger partial charge in [-0.15, -0.1) is 0 Å². The van der Waals surface area contributed by atoms with Gasteiger partial charge in [0.05, 0.1) is 11.6 Å². The van der Waals surface area contributed by atoms with Crippen molar-refractivity contribution < 1.29 is 9.47 Å². The monoisotopic (exact) mass is 246 g/mol. The molecule has 0 N–H and O–H groups in total. The summed E-state index contributed by atoms with van der Waals surface area (Å²) in [5.41, 5.74) is 0. The molecule has 2 rings (SSSR count). The summed E-state index contributed by atoms with van der Waals surface area (Å²) in [5.74, 6) is 0.632. The van der Waals surface area contributed by atoms with E-state index in [1.54, 1.807) is 18.2 Å². The molecule has 0 bridgehead atoms. The molecule has 0 aliphatic carbocycles. The molecule has 1 aliphatic heterocycles. The maximum absolute atomic E-state index is 5.98. The molecule has 1 heterocycles. The Kier molecular flexibility index (Phi) is 3.73. The Hall–Kier alpha value is -0.440. The molecule has 1 atom stereocenters. The van der Waals surface area contributed by atoms with Crippen LogP contribution >= 0.6 is 23.2 Å². The average molecular weight is 247 g/mol. The largest absolute Gasteiger partial charge is 0.463 e. The van der Waals surface area contributed by atoms with E-state index in [0.717, 1.165) is 25.9 Å². The molecule has 1 saturated heterocycles. The van der Waals surface area contributed by atoms with E-state index < -0.39 is 0 Å². The van der Waals surface area contributed by atoms with Gasteiger partial charge in [-0.2, -0.15) is 0 Å². The van der Waals surface area contributed by atoms with E-state index >= 15 is 0 Å². The molecule has 0 spiro atoms. The van der Waals surface area contributed by atoms with Crippen molar-refractivity contribution in [3.8, 4) is 5.75 Å². The van der Waals surface area contributed by atoms with Crippen molar-refractivity contribution in [3.05, 3.63) is 28.2 Å². The number of benzene rings is 1. The molecule has 0 saturated carbocycles. The zero-order chi connectivity index (χ0) is 10.7. The smallest absolute Gasteiger partial charge is 0.199 e. The van der Waals surface area contributed by atoms with Gasteiger partial charge < -0.3 is 9.47 Å². The molecule has 1 aromatic rings. The first-order valence-electron chi connectivity index (χ1n) is 4.99. The van der Waals surface area contributed by atoms with E-state index in [9.17, 15) is 0 Å². The van der Waals surface area contributed by atoms with Gasteiger partial charge >= 0.3 is 0 Å². The number of halogens is 2. The van der Waals surface area contributed by atoms with Crippen LogP contribution in [0.5, 0.6) is 5.75 Å². The maximum atomic E-state index is 5.98. The minimum Gasteiger partial charge on any atom is -0.463 e. The van der Waals surface area contributed by atoms with Gasteiger partial charge in [-0.3, -0.25) is 0 Å². The number of hydrogen-bond donors (Lipinski definition) is 0. The van der Waals surface area contributed by atoms with Crippen molar-refractivity contribution in [1.29, 1.82) is 0 Å². The highest BCUT2D eigenvalue weighted by molar-refractivity contribution is 6.35. The molecule has 15 heavy (non-hydrogen) atoms. The summed E-state index contributed by atoms with van der Waals surface area (Å²) in [7, 11) is 0. The fourth-order valence-corrected chi connectivity index (χ4v) is 1.97. The summed E-state index contributed by atoms with van der Waals surface area (Å²) >= 11 is 11.8. The van der Waals surface area contributed by atoms with E-state index in [1.165, 1.54) is 0 Å². The summed E-state index contributed by atoms with van der Waals surface area (Å²) in [6, 6.07) is 5.19. The lowest BCUT2D eigenvalue weighted by molar-refractivity contribution is -0.105. The molecular formula is C11H12Cl2O2. The Bertz CT molecular complexity index is 335. The van der Waals surface area contributed by atoms with Crippen LogP contribution in [0.2, 0.25) is 10.0 Å². The predicted molar refractivity (Wildman–Crippen MR) is 60.7 cm³/mol. The van der Waals surface area contributed by atoms with Gasteiger partial charge in [-0.05, 0) is 31.0 Å². The summed E-state index contributed by atoms with van der Waals surface area (Å²) in [6.07, 6.45) is 2.99. The molecule has 0 amide bonds. The van der Waals surface area contributed by atoms with Crippen LogP contribution in [0.3, 0.4) is 0 Å². The van der Waals surface area contributed by atoms with Gasteiger partial charge in [-0.1, -0.05) is 23.2 Å². The SMILES string of the molecule is Clc1ccc(OC2CCCCO2)c(Cl)c1. The molecule has 1 fully saturated rings. The zero-order valence-electron chi connectivity index (χ0n) is 8.21. The van der Waals surface area contributed by atoms with Crippen LogP contribution in [0.15, 0.2) is 18.2 Å². The van der Waals surface area contributed by atoms with Crippen molar-refractivity contribution in [2.24, 2.45) is 0 Å². The molecule has 1 unspecified atom stereocenters. The molecule has 0 radical (unpaired) electrons. The van der Waals surface area contributed by atoms with Crippen LogP contribution in [0.1, 0.15) is 19.3 Å². The standard InChI is InChI=1S/C11H12Cl2O2/c12-8-4-5-10(9(13)7-8)15-11-3-1-2-6-14-11/h4-5,7,11H,1-3,6H2. The first kappa shape index (κ1) is 11.1. The number of hydrogen-bond acceptors (Lipinski definition) is 2. The molecule has 2 nitrogen and oxygen atoms in total. The van der Waals surface area contributed by atoms with Crippen molar-refractivity contribution in [2.45, 2.75) is 25.6 Å². The highest BCUT2D eigenvalue weighted by Gasteiger charge is 2.16. The van der Waals surface area contributed by atoms with E-state index in [-0.39, 0.29) is 6.29 Å². The molecule has 1 aliphatic rings. The molecular weight excluding hydrogens is 235 g/mol. The number of rotatable bonds is 2. The third-order valence-electron chi connectivity index (χ3n) is 2.29. The highest BCUT2D eigenvalue weighted by atomic mass is 35.5. The first-order valence-corrected chi connectivity index (χ1v) is 5.74. The van der Waals surface area contributed by atoms with Crippen LogP contribution in [0.4, 0.5) is 0 Å². The highest BCUT2D eigenvalue weighted by Crippen LogP contribution is 2.29. The van der Waals surface area contributed by atoms with E-state index in [2.05, 4.69) is 0 Å². The van der Waals surface area contributed by atoms with Crippen LogP contribution in [0.25, 0.3) is 0 Å². The maximum Gasteiger partial charge on any atom is 0.199 e. The Morgan fingerprint density at radius 1 is 1.27 bits per heavy atom. The lowest BCUT2D eigenvalue weighted by Gasteiger charge is -2.23. The van der Waals surface area contributed by atoms with Crippen LogP contribution in [-0.2, 0) is 4.74 Å². The Morgan fingerprint density at radius 3 is 2.80 bits per heavy atom. The predicted octanol–water partition coefficient (Wildman–Crippen LogP) is 3.90. The average Bonchev–Trinajstić information content (AvgIpc) is 2.24. The van der Waals surface area contributed by atoms with Crippen molar-refractivity contribution in [1.82, 2.24) is 0 Å². The van der Waals surface area contributed by atoms with Crippen LogP contribution in [0, 0.1) is 0 Å². The van der Waals surface area contributed by atoms with Crippen molar-refractivity contribution in [2.75, 3.05) is 6.61 Å². The number of ether oxygens (including phenoxy) is 2. The zero-order valence-corrected chi connectivity index (χ0v) is 9.72. The van der Waals surface area contributed by atoms with E-state index in [0.29, 0.717) is 15.8 Å². The van der Waals surface area contributed by atoms with Crippen LogP contribution in [-0.4, -0.2) is 12.9 Å². The van der Waals surface area contributed by atoms with Crippen molar-refractivity contribution in [3.63, 3.8) is 0 Å².